The molecule has 2 fully saturated rings. The molecule has 0 radical (unpaired) electrons. The normalized spacial score (nSPS) is 21.5. The van der Waals surface area contributed by atoms with Gasteiger partial charge in [0.1, 0.15) is 5.82 Å². The van der Waals surface area contributed by atoms with Crippen LogP contribution in [-0.2, 0) is 9.53 Å². The van der Waals surface area contributed by atoms with E-state index in [-0.39, 0.29) is 12.2 Å². The number of aliphatic carboxylic acids is 1. The lowest BCUT2D eigenvalue weighted by Gasteiger charge is -2.36. The monoisotopic (exact) mass is 461 g/mol. The third-order valence-corrected chi connectivity index (χ3v) is 6.95. The van der Waals surface area contributed by atoms with Crippen molar-refractivity contribution in [3.8, 4) is 22.8 Å². The van der Waals surface area contributed by atoms with Gasteiger partial charge in [0.15, 0.2) is 11.6 Å². The number of nitrogens with zero attached hydrogens (tertiary/aromatic N) is 4. The van der Waals surface area contributed by atoms with Crippen LogP contribution in [0.1, 0.15) is 44.9 Å². The van der Waals surface area contributed by atoms with Crippen molar-refractivity contribution in [1.82, 2.24) is 20.2 Å². The number of ether oxygens (including phenoxy) is 1. The average Bonchev–Trinajstić information content (AvgIpc) is 3.37. The first kappa shape index (κ1) is 22.5. The van der Waals surface area contributed by atoms with Crippen LogP contribution in [0.4, 0.5) is 5.82 Å². The average molecular weight is 462 g/mol. The van der Waals surface area contributed by atoms with Gasteiger partial charge in [0, 0.05) is 36.8 Å². The van der Waals surface area contributed by atoms with E-state index < -0.39 is 5.97 Å². The minimum absolute atomic E-state index is 0.279. The van der Waals surface area contributed by atoms with Crippen molar-refractivity contribution in [3.05, 3.63) is 48.7 Å². The standard InChI is InChI=1S/C26H31N5O3/c32-24(33)16-18-6-9-21(10-7-18)34-22-12-14-31(15-13-22)23-11-8-20(17-27-23)26-28-25(29-30-26)19-4-2-1-3-5-19/h1-5,8,11,17-18,21-22H,6-7,9-10,12-16H2,(H,32,33)(H,28,29,30). The van der Waals surface area contributed by atoms with E-state index in [1.165, 1.54) is 0 Å². The molecule has 34 heavy (non-hydrogen) atoms. The zero-order valence-electron chi connectivity index (χ0n) is 19.3. The molecule has 1 aliphatic carbocycles. The lowest BCUT2D eigenvalue weighted by molar-refractivity contribution is -0.138. The second-order valence-electron chi connectivity index (χ2n) is 9.34. The van der Waals surface area contributed by atoms with Crippen LogP contribution in [0.3, 0.4) is 0 Å². The Morgan fingerprint density at radius 2 is 1.71 bits per heavy atom. The number of carboxylic acid groups (broad SMARTS) is 1. The molecule has 1 aromatic carbocycles. The fourth-order valence-corrected chi connectivity index (χ4v) is 5.03. The number of H-pyrrole nitrogens is 1. The number of pyridine rings is 1. The van der Waals surface area contributed by atoms with Gasteiger partial charge in [-0.3, -0.25) is 9.89 Å². The van der Waals surface area contributed by atoms with E-state index >= 15 is 0 Å². The highest BCUT2D eigenvalue weighted by atomic mass is 16.5. The maximum Gasteiger partial charge on any atom is 0.303 e. The van der Waals surface area contributed by atoms with Gasteiger partial charge in [0.2, 0.25) is 0 Å². The lowest BCUT2D eigenvalue weighted by atomic mass is 9.85. The highest BCUT2D eigenvalue weighted by molar-refractivity contribution is 5.67. The van der Waals surface area contributed by atoms with Gasteiger partial charge in [-0.2, -0.15) is 5.10 Å². The fraction of sp³-hybridized carbons (Fsp3) is 0.462. The number of benzene rings is 1. The Bertz CT molecular complexity index is 1070. The van der Waals surface area contributed by atoms with E-state index in [4.69, 9.17) is 9.84 Å². The predicted molar refractivity (Wildman–Crippen MR) is 129 cm³/mol. The summed E-state index contributed by atoms with van der Waals surface area (Å²) >= 11 is 0. The molecule has 2 aliphatic rings. The Morgan fingerprint density at radius 1 is 0.971 bits per heavy atom. The van der Waals surface area contributed by atoms with Crippen LogP contribution in [0.15, 0.2) is 48.7 Å². The maximum atomic E-state index is 10.9. The first-order valence-electron chi connectivity index (χ1n) is 12.2. The topological polar surface area (TPSA) is 104 Å². The van der Waals surface area contributed by atoms with E-state index in [0.717, 1.165) is 74.4 Å². The Labute approximate surface area is 199 Å². The molecule has 1 saturated carbocycles. The lowest BCUT2D eigenvalue weighted by Crippen LogP contribution is -2.39. The molecule has 8 nitrogen and oxygen atoms in total. The van der Waals surface area contributed by atoms with Gasteiger partial charge in [0.25, 0.3) is 0 Å². The number of hydrogen-bond acceptors (Lipinski definition) is 6. The van der Waals surface area contributed by atoms with Gasteiger partial charge in [-0.25, -0.2) is 9.97 Å². The number of rotatable bonds is 7. The second kappa shape index (κ2) is 10.3. The van der Waals surface area contributed by atoms with Gasteiger partial charge in [0.05, 0.1) is 12.2 Å². The first-order chi connectivity index (χ1) is 16.6. The molecule has 8 heteroatoms. The summed E-state index contributed by atoms with van der Waals surface area (Å²) in [5.74, 6) is 1.99. The van der Waals surface area contributed by atoms with Crippen molar-refractivity contribution in [3.63, 3.8) is 0 Å². The minimum Gasteiger partial charge on any atom is -0.481 e. The van der Waals surface area contributed by atoms with Gasteiger partial charge >= 0.3 is 5.97 Å². The number of piperidine rings is 1. The van der Waals surface area contributed by atoms with E-state index in [1.54, 1.807) is 0 Å². The Morgan fingerprint density at radius 3 is 2.38 bits per heavy atom. The number of nitrogens with one attached hydrogen (secondary N) is 1. The second-order valence-corrected chi connectivity index (χ2v) is 9.34. The van der Waals surface area contributed by atoms with Gasteiger partial charge in [-0.1, -0.05) is 30.3 Å². The highest BCUT2D eigenvalue weighted by Crippen LogP contribution is 2.31. The summed E-state index contributed by atoms with van der Waals surface area (Å²) in [5, 5.41) is 16.3. The van der Waals surface area contributed by atoms with Crippen LogP contribution in [0, 0.1) is 5.92 Å². The first-order valence-corrected chi connectivity index (χ1v) is 12.2. The summed E-state index contributed by atoms with van der Waals surface area (Å²) in [6.45, 7) is 1.84. The largest absolute Gasteiger partial charge is 0.481 e. The van der Waals surface area contributed by atoms with Gasteiger partial charge < -0.3 is 14.7 Å². The molecule has 3 heterocycles. The summed E-state index contributed by atoms with van der Waals surface area (Å²) < 4.78 is 6.37. The van der Waals surface area contributed by atoms with Crippen molar-refractivity contribution < 1.29 is 14.6 Å². The molecule has 0 atom stereocenters. The number of carbonyl (C=O) groups is 1. The summed E-state index contributed by atoms with van der Waals surface area (Å²) in [4.78, 5) is 22.5. The summed E-state index contributed by atoms with van der Waals surface area (Å²) in [7, 11) is 0. The van der Waals surface area contributed by atoms with Crippen LogP contribution in [0.2, 0.25) is 0 Å². The third kappa shape index (κ3) is 5.44. The van der Waals surface area contributed by atoms with Crippen LogP contribution < -0.4 is 4.90 Å². The molecule has 5 rings (SSSR count). The number of carboxylic acids is 1. The Hall–Kier alpha value is -3.26. The molecule has 1 aliphatic heterocycles. The number of hydrogen-bond donors (Lipinski definition) is 2. The quantitative estimate of drug-likeness (QED) is 0.532. The van der Waals surface area contributed by atoms with Gasteiger partial charge in [-0.05, 0) is 56.6 Å². The maximum absolute atomic E-state index is 10.9. The Balaban J connectivity index is 1.11. The third-order valence-electron chi connectivity index (χ3n) is 6.95. The molecule has 3 aromatic rings. The molecule has 2 aromatic heterocycles. The fourth-order valence-electron chi connectivity index (χ4n) is 5.03. The van der Waals surface area contributed by atoms with E-state index in [9.17, 15) is 4.79 Å². The summed E-state index contributed by atoms with van der Waals surface area (Å²) in [6, 6.07) is 14.0. The van der Waals surface area contributed by atoms with Crippen molar-refractivity contribution in [2.75, 3.05) is 18.0 Å². The van der Waals surface area contributed by atoms with Crippen LogP contribution in [0.5, 0.6) is 0 Å². The molecule has 2 N–H and O–H groups in total. The molecule has 1 saturated heterocycles. The van der Waals surface area contributed by atoms with E-state index in [2.05, 4.69) is 25.1 Å². The molecule has 178 valence electrons. The smallest absolute Gasteiger partial charge is 0.303 e. The van der Waals surface area contributed by atoms with Crippen molar-refractivity contribution in [2.24, 2.45) is 5.92 Å². The van der Waals surface area contributed by atoms with E-state index in [0.29, 0.717) is 18.2 Å². The van der Waals surface area contributed by atoms with Gasteiger partial charge in [-0.15, -0.1) is 0 Å². The Kier molecular flexibility index (Phi) is 6.85. The highest BCUT2D eigenvalue weighted by Gasteiger charge is 2.28. The number of aromatic amines is 1. The van der Waals surface area contributed by atoms with Crippen molar-refractivity contribution in [2.45, 2.75) is 57.2 Å². The summed E-state index contributed by atoms with van der Waals surface area (Å²) in [6.07, 6.45) is 8.55. The number of aromatic nitrogens is 4. The number of anilines is 1. The van der Waals surface area contributed by atoms with Crippen LogP contribution in [-0.4, -0.2) is 56.5 Å². The van der Waals surface area contributed by atoms with E-state index in [1.807, 2.05) is 48.7 Å². The minimum atomic E-state index is -0.684. The molecule has 0 amide bonds. The molecular weight excluding hydrogens is 430 g/mol. The zero-order valence-corrected chi connectivity index (χ0v) is 19.3. The summed E-state index contributed by atoms with van der Waals surface area (Å²) in [5.41, 5.74) is 1.89. The van der Waals surface area contributed by atoms with Crippen LogP contribution >= 0.6 is 0 Å². The van der Waals surface area contributed by atoms with Crippen LogP contribution in [0.25, 0.3) is 22.8 Å². The SMILES string of the molecule is O=C(O)CC1CCC(OC2CCN(c3ccc(-c4n[nH]c(-c5ccccc5)n4)cn3)CC2)CC1. The molecule has 0 bridgehead atoms. The predicted octanol–water partition coefficient (Wildman–Crippen LogP) is 4.55. The zero-order chi connectivity index (χ0) is 23.3. The van der Waals surface area contributed by atoms with Crippen molar-refractivity contribution in [1.29, 1.82) is 0 Å². The molecule has 0 spiro atoms. The molecular formula is C26H31N5O3. The molecule has 0 unspecified atom stereocenters. The van der Waals surface area contributed by atoms with Crippen molar-refractivity contribution >= 4 is 11.8 Å².